The zero-order valence-corrected chi connectivity index (χ0v) is 11.3. The fraction of sp³-hybridized carbons (Fsp3) is 0.333. The molecule has 0 saturated heterocycles. The van der Waals surface area contributed by atoms with E-state index in [1.165, 1.54) is 0 Å². The van der Waals surface area contributed by atoms with Gasteiger partial charge in [0.15, 0.2) is 0 Å². The van der Waals surface area contributed by atoms with Gasteiger partial charge in [-0.1, -0.05) is 32.0 Å². The Kier molecular flexibility index (Phi) is 4.12. The lowest BCUT2D eigenvalue weighted by molar-refractivity contribution is -0.117. The summed E-state index contributed by atoms with van der Waals surface area (Å²) in [6, 6.07) is 11.0. The molecule has 1 heterocycles. The Morgan fingerprint density at radius 3 is 2.74 bits per heavy atom. The topological polar surface area (TPSA) is 68.0 Å². The summed E-state index contributed by atoms with van der Waals surface area (Å²) in [5.74, 6) is 0.754. The number of amides is 1. The van der Waals surface area contributed by atoms with Crippen LogP contribution >= 0.6 is 0 Å². The molecule has 0 bridgehead atoms. The number of nitrogens with zero attached hydrogens (tertiary/aromatic N) is 1. The molecular formula is C15H19N3O. The van der Waals surface area contributed by atoms with Crippen LogP contribution < -0.4 is 11.1 Å². The minimum absolute atomic E-state index is 0.184. The van der Waals surface area contributed by atoms with E-state index in [0.29, 0.717) is 18.2 Å². The van der Waals surface area contributed by atoms with Crippen LogP contribution in [0.5, 0.6) is 0 Å². The normalized spacial score (nSPS) is 12.6. The molecular weight excluding hydrogens is 238 g/mol. The van der Waals surface area contributed by atoms with Crippen LogP contribution in [-0.4, -0.2) is 16.9 Å². The quantitative estimate of drug-likeness (QED) is 0.884. The van der Waals surface area contributed by atoms with Crippen molar-refractivity contribution in [2.24, 2.45) is 11.7 Å². The van der Waals surface area contributed by atoms with Gasteiger partial charge in [-0.05, 0) is 30.5 Å². The average Bonchev–Trinajstić information content (AvgIpc) is 2.37. The lowest BCUT2D eigenvalue weighted by Crippen LogP contribution is -2.36. The molecule has 0 saturated carbocycles. The number of carbonyl (C=O) groups is 1. The summed E-state index contributed by atoms with van der Waals surface area (Å²) in [7, 11) is 0. The summed E-state index contributed by atoms with van der Waals surface area (Å²) in [5, 5.41) is 3.81. The number of rotatable bonds is 4. The first-order valence-corrected chi connectivity index (χ1v) is 6.48. The Morgan fingerprint density at radius 1 is 1.26 bits per heavy atom. The number of carbonyl (C=O) groups excluding carboxylic acids is 1. The highest BCUT2D eigenvalue weighted by molar-refractivity contribution is 5.94. The van der Waals surface area contributed by atoms with Gasteiger partial charge in [0.1, 0.15) is 5.82 Å². The lowest BCUT2D eigenvalue weighted by Gasteiger charge is -2.13. The van der Waals surface area contributed by atoms with Crippen LogP contribution in [0.2, 0.25) is 0 Å². The SMILES string of the molecule is CC(C)CC(N)C(=O)Nc1ccc2ccccc2n1. The second-order valence-electron chi connectivity index (χ2n) is 5.11. The molecule has 0 spiro atoms. The molecule has 1 amide bonds. The maximum absolute atomic E-state index is 11.9. The summed E-state index contributed by atoms with van der Waals surface area (Å²) in [4.78, 5) is 16.3. The molecule has 1 unspecified atom stereocenters. The molecule has 4 nitrogen and oxygen atoms in total. The number of para-hydroxylation sites is 1. The van der Waals surface area contributed by atoms with Crippen molar-refractivity contribution < 1.29 is 4.79 Å². The van der Waals surface area contributed by atoms with Gasteiger partial charge in [-0.2, -0.15) is 0 Å². The number of pyridine rings is 1. The van der Waals surface area contributed by atoms with Crippen LogP contribution in [0, 0.1) is 5.92 Å². The van der Waals surface area contributed by atoms with Crippen LogP contribution in [0.15, 0.2) is 36.4 Å². The molecule has 0 fully saturated rings. The van der Waals surface area contributed by atoms with Gasteiger partial charge in [-0.25, -0.2) is 4.98 Å². The average molecular weight is 257 g/mol. The van der Waals surface area contributed by atoms with E-state index in [-0.39, 0.29) is 5.91 Å². The zero-order valence-electron chi connectivity index (χ0n) is 11.3. The predicted molar refractivity (Wildman–Crippen MR) is 77.8 cm³/mol. The minimum atomic E-state index is -0.492. The molecule has 2 aromatic rings. The second kappa shape index (κ2) is 5.80. The number of hydrogen-bond donors (Lipinski definition) is 2. The molecule has 4 heteroatoms. The van der Waals surface area contributed by atoms with E-state index in [1.807, 2.05) is 44.2 Å². The molecule has 0 aliphatic rings. The Balaban J connectivity index is 2.10. The van der Waals surface area contributed by atoms with Crippen molar-refractivity contribution in [3.05, 3.63) is 36.4 Å². The Bertz CT molecular complexity index is 580. The fourth-order valence-electron chi connectivity index (χ4n) is 1.97. The third-order valence-corrected chi connectivity index (χ3v) is 2.91. The lowest BCUT2D eigenvalue weighted by atomic mass is 10.0. The molecule has 2 rings (SSSR count). The van der Waals surface area contributed by atoms with Crippen molar-refractivity contribution in [3.63, 3.8) is 0 Å². The molecule has 3 N–H and O–H groups in total. The third kappa shape index (κ3) is 3.51. The van der Waals surface area contributed by atoms with E-state index in [1.54, 1.807) is 6.07 Å². The Labute approximate surface area is 113 Å². The standard InChI is InChI=1S/C15H19N3O/c1-10(2)9-12(16)15(19)18-14-8-7-11-5-3-4-6-13(11)17-14/h3-8,10,12H,9,16H2,1-2H3,(H,17,18,19). The van der Waals surface area contributed by atoms with Crippen molar-refractivity contribution in [1.82, 2.24) is 4.98 Å². The van der Waals surface area contributed by atoms with Gasteiger partial charge in [0.25, 0.3) is 0 Å². The largest absolute Gasteiger partial charge is 0.320 e. The van der Waals surface area contributed by atoms with Gasteiger partial charge >= 0.3 is 0 Å². The van der Waals surface area contributed by atoms with Crippen molar-refractivity contribution in [3.8, 4) is 0 Å². The molecule has 1 aromatic carbocycles. The third-order valence-electron chi connectivity index (χ3n) is 2.91. The highest BCUT2D eigenvalue weighted by Gasteiger charge is 2.15. The van der Waals surface area contributed by atoms with E-state index in [0.717, 1.165) is 10.9 Å². The van der Waals surface area contributed by atoms with Crippen molar-refractivity contribution >= 4 is 22.6 Å². The predicted octanol–water partition coefficient (Wildman–Crippen LogP) is 2.55. The van der Waals surface area contributed by atoms with Crippen LogP contribution in [0.3, 0.4) is 0 Å². The summed E-state index contributed by atoms with van der Waals surface area (Å²) in [6.45, 7) is 4.09. The maximum Gasteiger partial charge on any atom is 0.242 e. The minimum Gasteiger partial charge on any atom is -0.320 e. The summed E-state index contributed by atoms with van der Waals surface area (Å²) < 4.78 is 0. The van der Waals surface area contributed by atoms with Crippen LogP contribution in [0.4, 0.5) is 5.82 Å². The monoisotopic (exact) mass is 257 g/mol. The highest BCUT2D eigenvalue weighted by atomic mass is 16.2. The van der Waals surface area contributed by atoms with Crippen LogP contribution in [0.25, 0.3) is 10.9 Å². The first-order valence-electron chi connectivity index (χ1n) is 6.48. The number of fused-ring (bicyclic) bond motifs is 1. The molecule has 1 atom stereocenters. The first-order chi connectivity index (χ1) is 9.06. The number of benzene rings is 1. The Morgan fingerprint density at radius 2 is 2.00 bits per heavy atom. The second-order valence-corrected chi connectivity index (χ2v) is 5.11. The first kappa shape index (κ1) is 13.5. The van der Waals surface area contributed by atoms with Gasteiger partial charge in [0.05, 0.1) is 11.6 Å². The molecule has 1 aromatic heterocycles. The van der Waals surface area contributed by atoms with Gasteiger partial charge in [0, 0.05) is 5.39 Å². The van der Waals surface area contributed by atoms with Crippen molar-refractivity contribution in [2.45, 2.75) is 26.3 Å². The molecule has 0 aliphatic carbocycles. The van der Waals surface area contributed by atoms with Crippen LogP contribution in [0.1, 0.15) is 20.3 Å². The van der Waals surface area contributed by atoms with Gasteiger partial charge in [-0.3, -0.25) is 4.79 Å². The summed E-state index contributed by atoms with van der Waals surface area (Å²) in [5.41, 5.74) is 6.70. The number of nitrogens with one attached hydrogen (secondary N) is 1. The summed E-state index contributed by atoms with van der Waals surface area (Å²) in [6.07, 6.45) is 0.666. The van der Waals surface area contributed by atoms with E-state index < -0.39 is 6.04 Å². The zero-order chi connectivity index (χ0) is 13.8. The van der Waals surface area contributed by atoms with E-state index in [9.17, 15) is 4.79 Å². The van der Waals surface area contributed by atoms with Crippen molar-refractivity contribution in [2.75, 3.05) is 5.32 Å². The van der Waals surface area contributed by atoms with Gasteiger partial charge < -0.3 is 11.1 Å². The Hall–Kier alpha value is -1.94. The van der Waals surface area contributed by atoms with Gasteiger partial charge in [-0.15, -0.1) is 0 Å². The highest BCUT2D eigenvalue weighted by Crippen LogP contribution is 2.15. The molecule has 100 valence electrons. The van der Waals surface area contributed by atoms with E-state index >= 15 is 0 Å². The maximum atomic E-state index is 11.9. The van der Waals surface area contributed by atoms with Gasteiger partial charge in [0.2, 0.25) is 5.91 Å². The number of hydrogen-bond acceptors (Lipinski definition) is 3. The molecule has 0 radical (unpaired) electrons. The van der Waals surface area contributed by atoms with E-state index in [2.05, 4.69) is 10.3 Å². The van der Waals surface area contributed by atoms with Crippen LogP contribution in [-0.2, 0) is 4.79 Å². The number of nitrogens with two attached hydrogens (primary N) is 1. The van der Waals surface area contributed by atoms with Crippen molar-refractivity contribution in [1.29, 1.82) is 0 Å². The fourth-order valence-corrected chi connectivity index (χ4v) is 1.97. The molecule has 0 aliphatic heterocycles. The summed E-state index contributed by atoms with van der Waals surface area (Å²) >= 11 is 0. The number of anilines is 1. The van der Waals surface area contributed by atoms with E-state index in [4.69, 9.17) is 5.73 Å². The number of aromatic nitrogens is 1. The smallest absolute Gasteiger partial charge is 0.242 e. The molecule has 19 heavy (non-hydrogen) atoms.